The molecule has 1 aromatic rings. The topological polar surface area (TPSA) is 42.2 Å². The van der Waals surface area contributed by atoms with E-state index >= 15 is 0 Å². The fraction of sp³-hybridized carbons (Fsp3) is 0.500. The number of methoxy groups -OCH3 is 1. The molecule has 0 aliphatic carbocycles. The lowest BCUT2D eigenvalue weighted by Gasteiger charge is -2.08. The molecular weight excluding hydrogens is 214 g/mol. The van der Waals surface area contributed by atoms with Gasteiger partial charge in [0, 0.05) is 6.61 Å². The van der Waals surface area contributed by atoms with Gasteiger partial charge < -0.3 is 9.47 Å². The van der Waals surface area contributed by atoms with E-state index in [1.54, 1.807) is 13.2 Å². The Bertz CT molecular complexity index is 394. The van der Waals surface area contributed by atoms with Crippen LogP contribution in [0, 0.1) is 17.2 Å². The molecule has 0 aromatic heterocycles. The summed E-state index contributed by atoms with van der Waals surface area (Å²) in [4.78, 5) is 0. The molecule has 0 aliphatic rings. The molecule has 0 spiro atoms. The summed E-state index contributed by atoms with van der Waals surface area (Å²) in [5.41, 5.74) is 1.59. The van der Waals surface area contributed by atoms with E-state index < -0.39 is 0 Å². The lowest BCUT2D eigenvalue weighted by molar-refractivity contribution is 0.110. The minimum absolute atomic E-state index is 0.554. The third kappa shape index (κ3) is 4.46. The molecule has 0 saturated carbocycles. The monoisotopic (exact) mass is 233 g/mol. The predicted molar refractivity (Wildman–Crippen MR) is 66.8 cm³/mol. The molecule has 0 atom stereocenters. The van der Waals surface area contributed by atoms with Gasteiger partial charge in [-0.25, -0.2) is 0 Å². The van der Waals surface area contributed by atoms with E-state index in [1.807, 2.05) is 12.1 Å². The molecule has 17 heavy (non-hydrogen) atoms. The summed E-state index contributed by atoms with van der Waals surface area (Å²) in [6.45, 7) is 5.68. The minimum atomic E-state index is 0.554. The Labute approximate surface area is 103 Å². The molecule has 0 amide bonds. The molecule has 0 unspecified atom stereocenters. The summed E-state index contributed by atoms with van der Waals surface area (Å²) in [7, 11) is 1.57. The van der Waals surface area contributed by atoms with Crippen LogP contribution < -0.4 is 4.74 Å². The van der Waals surface area contributed by atoms with Crippen molar-refractivity contribution in [1.82, 2.24) is 0 Å². The van der Waals surface area contributed by atoms with Gasteiger partial charge in [-0.1, -0.05) is 19.9 Å². The number of benzene rings is 1. The van der Waals surface area contributed by atoms with E-state index in [4.69, 9.17) is 14.7 Å². The maximum Gasteiger partial charge on any atom is 0.136 e. The Balaban J connectivity index is 2.52. The Morgan fingerprint density at radius 1 is 1.35 bits per heavy atom. The second-order valence-electron chi connectivity index (χ2n) is 4.38. The van der Waals surface area contributed by atoms with Crippen molar-refractivity contribution < 1.29 is 9.47 Å². The van der Waals surface area contributed by atoms with Crippen LogP contribution in [0.25, 0.3) is 0 Å². The number of nitrogens with zero attached hydrogens (tertiary/aromatic N) is 1. The first-order valence-corrected chi connectivity index (χ1v) is 5.82. The zero-order valence-electron chi connectivity index (χ0n) is 10.7. The van der Waals surface area contributed by atoms with Crippen LogP contribution >= 0.6 is 0 Å². The third-order valence-corrected chi connectivity index (χ3v) is 2.49. The van der Waals surface area contributed by atoms with E-state index in [-0.39, 0.29) is 0 Å². The molecule has 1 aromatic carbocycles. The molecule has 0 radical (unpaired) electrons. The van der Waals surface area contributed by atoms with Gasteiger partial charge in [-0.05, 0) is 30.0 Å². The van der Waals surface area contributed by atoms with E-state index in [0.717, 1.165) is 18.6 Å². The van der Waals surface area contributed by atoms with Crippen LogP contribution in [0.15, 0.2) is 18.2 Å². The number of rotatable bonds is 6. The van der Waals surface area contributed by atoms with Gasteiger partial charge in [0.05, 0.1) is 19.3 Å². The highest BCUT2D eigenvalue weighted by atomic mass is 16.5. The molecule has 3 nitrogen and oxygen atoms in total. The van der Waals surface area contributed by atoms with Crippen LogP contribution in [-0.2, 0) is 11.3 Å². The highest BCUT2D eigenvalue weighted by Gasteiger charge is 2.03. The lowest BCUT2D eigenvalue weighted by Crippen LogP contribution is -2.00. The zero-order valence-corrected chi connectivity index (χ0v) is 10.7. The Hall–Kier alpha value is -1.53. The van der Waals surface area contributed by atoms with Gasteiger partial charge in [0.25, 0.3) is 0 Å². The number of nitriles is 1. The molecule has 0 aliphatic heterocycles. The molecule has 0 heterocycles. The maximum atomic E-state index is 8.85. The van der Waals surface area contributed by atoms with Crippen LogP contribution in [0.4, 0.5) is 0 Å². The van der Waals surface area contributed by atoms with Crippen molar-refractivity contribution in [3.63, 3.8) is 0 Å². The largest absolute Gasteiger partial charge is 0.495 e. The zero-order chi connectivity index (χ0) is 12.7. The predicted octanol–water partition coefficient (Wildman–Crippen LogP) is 3.13. The second-order valence-corrected chi connectivity index (χ2v) is 4.38. The maximum absolute atomic E-state index is 8.85. The molecule has 92 valence electrons. The van der Waals surface area contributed by atoms with Crippen LogP contribution in [-0.4, -0.2) is 13.7 Å². The molecule has 1 rings (SSSR count). The van der Waals surface area contributed by atoms with Crippen molar-refractivity contribution in [1.29, 1.82) is 5.26 Å². The normalized spacial score (nSPS) is 10.3. The molecular formula is C14H19NO2. The summed E-state index contributed by atoms with van der Waals surface area (Å²) < 4.78 is 10.7. The van der Waals surface area contributed by atoms with Gasteiger partial charge in [0.15, 0.2) is 0 Å². The summed E-state index contributed by atoms with van der Waals surface area (Å²) in [5.74, 6) is 1.27. The van der Waals surface area contributed by atoms with Gasteiger partial charge in [-0.15, -0.1) is 0 Å². The van der Waals surface area contributed by atoms with Crippen LogP contribution in [0.3, 0.4) is 0 Å². The van der Waals surface area contributed by atoms with E-state index in [1.165, 1.54) is 0 Å². The highest BCUT2D eigenvalue weighted by molar-refractivity contribution is 5.45. The Morgan fingerprint density at radius 3 is 2.71 bits per heavy atom. The minimum Gasteiger partial charge on any atom is -0.495 e. The van der Waals surface area contributed by atoms with Crippen molar-refractivity contribution in [3.05, 3.63) is 29.3 Å². The number of ether oxygens (including phenoxy) is 2. The van der Waals surface area contributed by atoms with Crippen LogP contribution in [0.2, 0.25) is 0 Å². The molecule has 0 fully saturated rings. The van der Waals surface area contributed by atoms with E-state index in [9.17, 15) is 0 Å². The highest BCUT2D eigenvalue weighted by Crippen LogP contribution is 2.19. The molecule has 0 N–H and O–H groups in total. The summed E-state index contributed by atoms with van der Waals surface area (Å²) >= 11 is 0. The van der Waals surface area contributed by atoms with Crippen molar-refractivity contribution in [2.24, 2.45) is 5.92 Å². The average Bonchev–Trinajstić information content (AvgIpc) is 2.34. The van der Waals surface area contributed by atoms with Crippen molar-refractivity contribution in [2.75, 3.05) is 13.7 Å². The van der Waals surface area contributed by atoms with Gasteiger partial charge in [0.2, 0.25) is 0 Å². The fourth-order valence-corrected chi connectivity index (χ4v) is 1.43. The van der Waals surface area contributed by atoms with E-state index in [0.29, 0.717) is 23.8 Å². The first kappa shape index (κ1) is 13.5. The van der Waals surface area contributed by atoms with Crippen molar-refractivity contribution in [3.8, 4) is 11.8 Å². The summed E-state index contributed by atoms with van der Waals surface area (Å²) in [6, 6.07) is 7.61. The van der Waals surface area contributed by atoms with Crippen molar-refractivity contribution >= 4 is 0 Å². The quantitative estimate of drug-likeness (QED) is 0.709. The summed E-state index contributed by atoms with van der Waals surface area (Å²) in [5, 5.41) is 8.85. The van der Waals surface area contributed by atoms with Gasteiger partial charge in [-0.2, -0.15) is 5.26 Å². The molecule has 3 heteroatoms. The molecule has 0 bridgehead atoms. The second kappa shape index (κ2) is 6.93. The Morgan fingerprint density at radius 2 is 2.12 bits per heavy atom. The lowest BCUT2D eigenvalue weighted by atomic mass is 10.1. The average molecular weight is 233 g/mol. The standard InChI is InChI=1S/C14H19NO2/c1-11(2)6-7-17-10-12-4-5-13(9-15)14(8-12)16-3/h4-5,8,11H,6-7,10H2,1-3H3. The third-order valence-electron chi connectivity index (χ3n) is 2.49. The first-order valence-electron chi connectivity index (χ1n) is 5.82. The van der Waals surface area contributed by atoms with E-state index in [2.05, 4.69) is 19.9 Å². The first-order chi connectivity index (χ1) is 8.17. The van der Waals surface area contributed by atoms with Crippen molar-refractivity contribution in [2.45, 2.75) is 26.9 Å². The van der Waals surface area contributed by atoms with Gasteiger partial charge in [0.1, 0.15) is 11.8 Å². The van der Waals surface area contributed by atoms with Crippen LogP contribution in [0.1, 0.15) is 31.4 Å². The fourth-order valence-electron chi connectivity index (χ4n) is 1.43. The van der Waals surface area contributed by atoms with Gasteiger partial charge >= 0.3 is 0 Å². The van der Waals surface area contributed by atoms with Gasteiger partial charge in [-0.3, -0.25) is 0 Å². The smallest absolute Gasteiger partial charge is 0.136 e. The van der Waals surface area contributed by atoms with Crippen LogP contribution in [0.5, 0.6) is 5.75 Å². The number of hydrogen-bond donors (Lipinski definition) is 0. The number of hydrogen-bond acceptors (Lipinski definition) is 3. The Kier molecular flexibility index (Phi) is 5.51. The molecule has 0 saturated heterocycles. The SMILES string of the molecule is COc1cc(COCCC(C)C)ccc1C#N. The summed E-state index contributed by atoms with van der Waals surface area (Å²) in [6.07, 6.45) is 1.06.